The number of hydrogen-bond acceptors (Lipinski definition) is 3. The number of anilines is 1. The quantitative estimate of drug-likeness (QED) is 0.855. The van der Waals surface area contributed by atoms with Crippen molar-refractivity contribution in [3.63, 3.8) is 0 Å². The van der Waals surface area contributed by atoms with Gasteiger partial charge in [-0.05, 0) is 31.2 Å². The summed E-state index contributed by atoms with van der Waals surface area (Å²) >= 11 is 6.02. The van der Waals surface area contributed by atoms with E-state index in [0.717, 1.165) is 29.4 Å². The molecule has 2 heterocycles. The van der Waals surface area contributed by atoms with Crippen LogP contribution in [0.3, 0.4) is 0 Å². The van der Waals surface area contributed by atoms with Crippen molar-refractivity contribution in [1.29, 1.82) is 0 Å². The number of aryl methyl sites for hydroxylation is 1. The van der Waals surface area contributed by atoms with Gasteiger partial charge in [-0.3, -0.25) is 4.79 Å². The Bertz CT molecular complexity index is 645. The summed E-state index contributed by atoms with van der Waals surface area (Å²) in [5, 5.41) is 0.734. The van der Waals surface area contributed by atoms with Crippen molar-refractivity contribution in [2.24, 2.45) is 0 Å². The molecule has 1 aliphatic heterocycles. The SMILES string of the molecule is Cc1ccoc1C(=O)N1CCN(c2cccc(Cl)c2)CC1. The molecule has 110 valence electrons. The molecule has 0 saturated carbocycles. The number of rotatable bonds is 2. The highest BCUT2D eigenvalue weighted by Gasteiger charge is 2.25. The molecule has 5 heteroatoms. The van der Waals surface area contributed by atoms with Crippen LogP contribution in [-0.4, -0.2) is 37.0 Å². The van der Waals surface area contributed by atoms with E-state index in [0.29, 0.717) is 18.8 Å². The second kappa shape index (κ2) is 5.82. The van der Waals surface area contributed by atoms with E-state index in [2.05, 4.69) is 4.90 Å². The van der Waals surface area contributed by atoms with Gasteiger partial charge in [-0.25, -0.2) is 0 Å². The van der Waals surface area contributed by atoms with Gasteiger partial charge in [-0.1, -0.05) is 17.7 Å². The summed E-state index contributed by atoms with van der Waals surface area (Å²) in [5.74, 6) is 0.425. The molecule has 1 saturated heterocycles. The van der Waals surface area contributed by atoms with Gasteiger partial charge >= 0.3 is 0 Å². The Balaban J connectivity index is 1.65. The molecule has 0 radical (unpaired) electrons. The summed E-state index contributed by atoms with van der Waals surface area (Å²) in [6.45, 7) is 4.85. The fourth-order valence-electron chi connectivity index (χ4n) is 2.58. The number of hydrogen-bond donors (Lipinski definition) is 0. The van der Waals surface area contributed by atoms with Crippen LogP contribution in [-0.2, 0) is 0 Å². The fraction of sp³-hybridized carbons (Fsp3) is 0.312. The van der Waals surface area contributed by atoms with E-state index in [4.69, 9.17) is 16.0 Å². The van der Waals surface area contributed by atoms with Crippen molar-refractivity contribution in [1.82, 2.24) is 4.90 Å². The van der Waals surface area contributed by atoms with E-state index in [1.54, 1.807) is 6.26 Å². The third-order valence-electron chi connectivity index (χ3n) is 3.80. The number of piperazine rings is 1. The maximum atomic E-state index is 12.4. The molecule has 0 unspecified atom stereocenters. The third-order valence-corrected chi connectivity index (χ3v) is 4.03. The molecule has 1 aromatic heterocycles. The van der Waals surface area contributed by atoms with Crippen molar-refractivity contribution >= 4 is 23.2 Å². The van der Waals surface area contributed by atoms with Crippen LogP contribution in [0, 0.1) is 6.92 Å². The summed E-state index contributed by atoms with van der Waals surface area (Å²) in [4.78, 5) is 16.5. The lowest BCUT2D eigenvalue weighted by atomic mass is 10.2. The first-order valence-corrected chi connectivity index (χ1v) is 7.37. The van der Waals surface area contributed by atoms with Gasteiger partial charge in [0, 0.05) is 42.5 Å². The number of carbonyl (C=O) groups excluding carboxylic acids is 1. The van der Waals surface area contributed by atoms with Crippen LogP contribution in [0.5, 0.6) is 0 Å². The lowest BCUT2D eigenvalue weighted by Crippen LogP contribution is -2.48. The number of amides is 1. The first-order valence-electron chi connectivity index (χ1n) is 6.99. The molecule has 0 spiro atoms. The minimum absolute atomic E-state index is 0.0248. The predicted molar refractivity (Wildman–Crippen MR) is 83.0 cm³/mol. The zero-order valence-electron chi connectivity index (χ0n) is 11.9. The van der Waals surface area contributed by atoms with Gasteiger partial charge in [0.2, 0.25) is 0 Å². The molecule has 1 aliphatic rings. The smallest absolute Gasteiger partial charge is 0.289 e. The molecule has 1 fully saturated rings. The molecule has 0 bridgehead atoms. The highest BCUT2D eigenvalue weighted by molar-refractivity contribution is 6.30. The predicted octanol–water partition coefficient (Wildman–Crippen LogP) is 3.20. The van der Waals surface area contributed by atoms with E-state index in [9.17, 15) is 4.79 Å². The van der Waals surface area contributed by atoms with E-state index in [1.165, 1.54) is 0 Å². The van der Waals surface area contributed by atoms with Gasteiger partial charge in [0.15, 0.2) is 5.76 Å². The van der Waals surface area contributed by atoms with Gasteiger partial charge in [0.1, 0.15) is 0 Å². The molecule has 1 aromatic carbocycles. The topological polar surface area (TPSA) is 36.7 Å². The van der Waals surface area contributed by atoms with Gasteiger partial charge < -0.3 is 14.2 Å². The van der Waals surface area contributed by atoms with E-state index in [1.807, 2.05) is 42.2 Å². The first kappa shape index (κ1) is 14.0. The van der Waals surface area contributed by atoms with Crippen molar-refractivity contribution in [3.05, 3.63) is 52.9 Å². The van der Waals surface area contributed by atoms with Crippen LogP contribution in [0.2, 0.25) is 5.02 Å². The summed E-state index contributed by atoms with van der Waals surface area (Å²) in [6, 6.07) is 9.62. The fourth-order valence-corrected chi connectivity index (χ4v) is 2.76. The highest BCUT2D eigenvalue weighted by Crippen LogP contribution is 2.21. The first-order chi connectivity index (χ1) is 10.1. The molecular weight excluding hydrogens is 288 g/mol. The highest BCUT2D eigenvalue weighted by atomic mass is 35.5. The van der Waals surface area contributed by atoms with Crippen LogP contribution >= 0.6 is 11.6 Å². The summed E-state index contributed by atoms with van der Waals surface area (Å²) in [5.41, 5.74) is 1.99. The van der Waals surface area contributed by atoms with Crippen molar-refractivity contribution in [2.75, 3.05) is 31.1 Å². The maximum Gasteiger partial charge on any atom is 0.289 e. The van der Waals surface area contributed by atoms with Crippen molar-refractivity contribution in [3.8, 4) is 0 Å². The molecule has 0 atom stereocenters. The lowest BCUT2D eigenvalue weighted by Gasteiger charge is -2.35. The van der Waals surface area contributed by atoms with Crippen LogP contribution in [0.1, 0.15) is 16.1 Å². The monoisotopic (exact) mass is 304 g/mol. The molecule has 1 amide bonds. The number of carbonyl (C=O) groups is 1. The minimum Gasteiger partial charge on any atom is -0.459 e. The Morgan fingerprint density at radius 2 is 1.95 bits per heavy atom. The van der Waals surface area contributed by atoms with Crippen molar-refractivity contribution in [2.45, 2.75) is 6.92 Å². The molecule has 2 aromatic rings. The Labute approximate surface area is 128 Å². The standard InChI is InChI=1S/C16H17ClN2O2/c1-12-5-10-21-15(12)16(20)19-8-6-18(7-9-19)14-4-2-3-13(17)11-14/h2-5,10-11H,6-9H2,1H3. The minimum atomic E-state index is -0.0248. The Morgan fingerprint density at radius 3 is 2.57 bits per heavy atom. The summed E-state index contributed by atoms with van der Waals surface area (Å²) in [7, 11) is 0. The van der Waals surface area contributed by atoms with E-state index < -0.39 is 0 Å². The second-order valence-corrected chi connectivity index (χ2v) is 5.63. The van der Waals surface area contributed by atoms with E-state index >= 15 is 0 Å². The van der Waals surface area contributed by atoms with Crippen LogP contribution in [0.25, 0.3) is 0 Å². The molecule has 21 heavy (non-hydrogen) atoms. The van der Waals surface area contributed by atoms with Gasteiger partial charge in [-0.15, -0.1) is 0 Å². The second-order valence-electron chi connectivity index (χ2n) is 5.19. The van der Waals surface area contributed by atoms with Crippen LogP contribution < -0.4 is 4.90 Å². The number of benzene rings is 1. The Kier molecular flexibility index (Phi) is 3.88. The van der Waals surface area contributed by atoms with Gasteiger partial charge in [0.05, 0.1) is 6.26 Å². The van der Waals surface area contributed by atoms with E-state index in [-0.39, 0.29) is 5.91 Å². The third kappa shape index (κ3) is 2.90. The number of nitrogens with zero attached hydrogens (tertiary/aromatic N) is 2. The van der Waals surface area contributed by atoms with Gasteiger partial charge in [-0.2, -0.15) is 0 Å². The zero-order valence-corrected chi connectivity index (χ0v) is 12.6. The Hall–Kier alpha value is -1.94. The molecule has 0 aliphatic carbocycles. The molecule has 4 nitrogen and oxygen atoms in total. The molecule has 0 N–H and O–H groups in total. The average Bonchev–Trinajstić information content (AvgIpc) is 2.93. The Morgan fingerprint density at radius 1 is 1.19 bits per heavy atom. The number of halogens is 1. The summed E-state index contributed by atoms with van der Waals surface area (Å²) < 4.78 is 5.28. The lowest BCUT2D eigenvalue weighted by molar-refractivity contribution is 0.0713. The molecular formula is C16H17ClN2O2. The van der Waals surface area contributed by atoms with Crippen molar-refractivity contribution < 1.29 is 9.21 Å². The zero-order chi connectivity index (χ0) is 14.8. The van der Waals surface area contributed by atoms with Crippen LogP contribution in [0.4, 0.5) is 5.69 Å². The van der Waals surface area contributed by atoms with Crippen LogP contribution in [0.15, 0.2) is 41.0 Å². The maximum absolute atomic E-state index is 12.4. The average molecular weight is 305 g/mol. The van der Waals surface area contributed by atoms with Gasteiger partial charge in [0.25, 0.3) is 5.91 Å². The normalized spacial score (nSPS) is 15.3. The number of furan rings is 1. The largest absolute Gasteiger partial charge is 0.459 e. The molecule has 3 rings (SSSR count). The summed E-state index contributed by atoms with van der Waals surface area (Å²) in [6.07, 6.45) is 1.56.